The minimum Gasteiger partial charge on any atom is -0.352 e. The van der Waals surface area contributed by atoms with Crippen molar-refractivity contribution in [3.8, 4) is 11.3 Å². The van der Waals surface area contributed by atoms with Crippen LogP contribution in [-0.2, 0) is 12.6 Å². The molecule has 0 saturated carbocycles. The van der Waals surface area contributed by atoms with Gasteiger partial charge in [-0.15, -0.1) is 0 Å². The molecule has 0 unspecified atom stereocenters. The Labute approximate surface area is 227 Å². The normalized spacial score (nSPS) is 14.3. The number of rotatable bonds is 5. The third-order valence-corrected chi connectivity index (χ3v) is 6.59. The van der Waals surface area contributed by atoms with Crippen LogP contribution in [0.1, 0.15) is 25.2 Å². The van der Waals surface area contributed by atoms with Gasteiger partial charge in [-0.25, -0.2) is 9.78 Å². The van der Waals surface area contributed by atoms with Crippen molar-refractivity contribution in [3.63, 3.8) is 0 Å². The van der Waals surface area contributed by atoms with Crippen molar-refractivity contribution in [2.75, 3.05) is 36.4 Å². The number of urea groups is 1. The summed E-state index contributed by atoms with van der Waals surface area (Å²) in [6.07, 6.45) is -3.91. The van der Waals surface area contributed by atoms with Crippen molar-refractivity contribution in [3.05, 3.63) is 64.9 Å². The van der Waals surface area contributed by atoms with E-state index in [-0.39, 0.29) is 28.9 Å². The number of nitrogens with one attached hydrogen (secondary N) is 1. The average molecular weight is 559 g/mol. The maximum atomic E-state index is 13.4. The molecule has 2 aromatic heterocycles. The molecule has 1 N–H and O–H groups in total. The second kappa shape index (κ2) is 10.7. The molecule has 0 spiro atoms. The molecule has 204 valence electrons. The number of aromatic nitrogens is 3. The summed E-state index contributed by atoms with van der Waals surface area (Å²) in [6, 6.07) is 11.6. The number of hydrogen-bond acceptors (Lipinski definition) is 6. The summed E-state index contributed by atoms with van der Waals surface area (Å²) < 4.78 is 45.7. The molecule has 1 aliphatic heterocycles. The minimum absolute atomic E-state index is 0.212. The van der Waals surface area contributed by atoms with Crippen LogP contribution in [0.2, 0.25) is 5.02 Å². The second-order valence-electron chi connectivity index (χ2n) is 9.77. The summed E-state index contributed by atoms with van der Waals surface area (Å²) in [7, 11) is 0. The van der Waals surface area contributed by atoms with E-state index < -0.39 is 11.7 Å². The number of anilines is 2. The van der Waals surface area contributed by atoms with Gasteiger partial charge in [0, 0.05) is 48.9 Å². The van der Waals surface area contributed by atoms with Gasteiger partial charge in [0.15, 0.2) is 0 Å². The van der Waals surface area contributed by atoms with Crippen LogP contribution in [-0.4, -0.2) is 52.2 Å². The number of carbonyl (C=O) groups is 1. The lowest BCUT2D eigenvalue weighted by molar-refractivity contribution is -0.137. The van der Waals surface area contributed by atoms with Gasteiger partial charge in [-0.3, -0.25) is 0 Å². The van der Waals surface area contributed by atoms with Crippen LogP contribution in [0.4, 0.5) is 29.5 Å². The van der Waals surface area contributed by atoms with Crippen LogP contribution in [0.25, 0.3) is 22.4 Å². The first kappa shape index (κ1) is 26.7. The van der Waals surface area contributed by atoms with E-state index >= 15 is 0 Å². The molecule has 0 bridgehead atoms. The average Bonchev–Trinajstić information content (AvgIpc) is 3.31. The molecule has 39 heavy (non-hydrogen) atoms. The largest absolute Gasteiger partial charge is 0.416 e. The lowest BCUT2D eigenvalue weighted by Gasteiger charge is -2.35. The smallest absolute Gasteiger partial charge is 0.352 e. The van der Waals surface area contributed by atoms with Gasteiger partial charge >= 0.3 is 12.2 Å². The Morgan fingerprint density at radius 1 is 1.08 bits per heavy atom. The molecule has 8 nitrogen and oxygen atoms in total. The third-order valence-electron chi connectivity index (χ3n) is 6.36. The predicted molar refractivity (Wildman–Crippen MR) is 143 cm³/mol. The quantitative estimate of drug-likeness (QED) is 0.300. The summed E-state index contributed by atoms with van der Waals surface area (Å²) >= 11 is 6.02. The molecule has 1 aliphatic rings. The molecule has 12 heteroatoms. The van der Waals surface area contributed by atoms with Crippen molar-refractivity contribution in [2.45, 2.75) is 26.4 Å². The highest BCUT2D eigenvalue weighted by molar-refractivity contribution is 6.30. The van der Waals surface area contributed by atoms with E-state index in [1.165, 1.54) is 6.07 Å². The van der Waals surface area contributed by atoms with Gasteiger partial charge in [-0.1, -0.05) is 48.8 Å². The van der Waals surface area contributed by atoms with Crippen molar-refractivity contribution in [1.29, 1.82) is 0 Å². The van der Waals surface area contributed by atoms with Crippen LogP contribution in [0.3, 0.4) is 0 Å². The number of benzene rings is 2. The molecule has 1 fully saturated rings. The highest BCUT2D eigenvalue weighted by Gasteiger charge is 2.32. The Balaban J connectivity index is 1.45. The van der Waals surface area contributed by atoms with Crippen LogP contribution in [0.15, 0.2) is 53.1 Å². The topological polar surface area (TPSA) is 87.4 Å². The van der Waals surface area contributed by atoms with Gasteiger partial charge in [0.1, 0.15) is 22.7 Å². The highest BCUT2D eigenvalue weighted by Crippen LogP contribution is 2.37. The molecular formula is C27H26ClF3N6O2. The Morgan fingerprint density at radius 2 is 1.82 bits per heavy atom. The Morgan fingerprint density at radius 3 is 2.51 bits per heavy atom. The number of carbonyl (C=O) groups excluding carboxylic acids is 1. The van der Waals surface area contributed by atoms with Crippen LogP contribution in [0.5, 0.6) is 0 Å². The van der Waals surface area contributed by atoms with E-state index in [9.17, 15) is 18.0 Å². The molecule has 0 atom stereocenters. The first-order chi connectivity index (χ1) is 18.6. The highest BCUT2D eigenvalue weighted by atomic mass is 35.5. The van der Waals surface area contributed by atoms with E-state index in [1.807, 2.05) is 18.7 Å². The van der Waals surface area contributed by atoms with Crippen molar-refractivity contribution < 1.29 is 22.5 Å². The van der Waals surface area contributed by atoms with Gasteiger partial charge in [-0.2, -0.15) is 18.2 Å². The number of amides is 2. The lowest BCUT2D eigenvalue weighted by Crippen LogP contribution is -2.50. The molecule has 4 aromatic rings. The van der Waals surface area contributed by atoms with Crippen molar-refractivity contribution >= 4 is 40.2 Å². The molecule has 0 radical (unpaired) electrons. The summed E-state index contributed by atoms with van der Waals surface area (Å²) in [5, 5.41) is 7.92. The first-order valence-electron chi connectivity index (χ1n) is 12.5. The van der Waals surface area contributed by atoms with Crippen LogP contribution >= 0.6 is 11.6 Å². The van der Waals surface area contributed by atoms with Crippen molar-refractivity contribution in [1.82, 2.24) is 20.0 Å². The van der Waals surface area contributed by atoms with Crippen LogP contribution < -0.4 is 10.2 Å². The summed E-state index contributed by atoms with van der Waals surface area (Å²) in [5.41, 5.74) is 0.521. The fraction of sp³-hybridized carbons (Fsp3) is 0.333. The number of hydrogen-bond donors (Lipinski definition) is 1. The maximum Gasteiger partial charge on any atom is 0.416 e. The summed E-state index contributed by atoms with van der Waals surface area (Å²) in [4.78, 5) is 25.8. The molecule has 3 heterocycles. The third kappa shape index (κ3) is 5.93. The van der Waals surface area contributed by atoms with Crippen molar-refractivity contribution in [2.24, 2.45) is 5.92 Å². The SMILES string of the molecule is CC(C)Cc1nc(N2CCN(C(=O)Nc3cccc(Cl)c3)CC2)c2c(-c3cccc(C(F)(F)F)c3)noc2n1. The lowest BCUT2D eigenvalue weighted by atomic mass is 10.1. The van der Waals surface area contributed by atoms with E-state index in [4.69, 9.17) is 21.1 Å². The molecule has 2 amide bonds. The zero-order valence-electron chi connectivity index (χ0n) is 21.3. The zero-order valence-corrected chi connectivity index (χ0v) is 22.1. The fourth-order valence-corrected chi connectivity index (χ4v) is 4.69. The molecule has 5 rings (SSSR count). The van der Waals surface area contributed by atoms with Gasteiger partial charge in [-0.05, 0) is 36.2 Å². The second-order valence-corrected chi connectivity index (χ2v) is 10.2. The first-order valence-corrected chi connectivity index (χ1v) is 12.9. The predicted octanol–water partition coefficient (Wildman–Crippen LogP) is 6.51. The summed E-state index contributed by atoms with van der Waals surface area (Å²) in [5.74, 6) is 1.35. The monoisotopic (exact) mass is 558 g/mol. The van der Waals surface area contributed by atoms with Gasteiger partial charge < -0.3 is 19.6 Å². The van der Waals surface area contributed by atoms with Crippen LogP contribution in [0, 0.1) is 5.92 Å². The zero-order chi connectivity index (χ0) is 27.7. The van der Waals surface area contributed by atoms with Gasteiger partial charge in [0.2, 0.25) is 0 Å². The van der Waals surface area contributed by atoms with E-state index in [2.05, 4.69) is 15.5 Å². The fourth-order valence-electron chi connectivity index (χ4n) is 4.49. The number of halogens is 4. The van der Waals surface area contributed by atoms with Gasteiger partial charge in [0.05, 0.1) is 5.56 Å². The number of fused-ring (bicyclic) bond motifs is 1. The molecular weight excluding hydrogens is 533 g/mol. The summed E-state index contributed by atoms with van der Waals surface area (Å²) in [6.45, 7) is 5.79. The van der Waals surface area contributed by atoms with E-state index in [0.29, 0.717) is 60.3 Å². The number of piperazine rings is 1. The Hall–Kier alpha value is -3.86. The minimum atomic E-state index is -4.50. The standard InChI is InChI=1S/C27H26ClF3N6O2/c1-16(2)13-21-33-24(36-9-11-37(12-10-36)26(38)32-20-8-4-7-19(28)15-20)22-23(35-39-25(22)34-21)17-5-3-6-18(14-17)27(29,30)31/h3-8,14-16H,9-13H2,1-2H3,(H,32,38). The van der Waals surface area contributed by atoms with Gasteiger partial charge in [0.25, 0.3) is 5.71 Å². The van der Waals surface area contributed by atoms with E-state index in [1.54, 1.807) is 35.2 Å². The number of nitrogens with zero attached hydrogens (tertiary/aromatic N) is 5. The molecule has 2 aromatic carbocycles. The maximum absolute atomic E-state index is 13.4. The molecule has 1 saturated heterocycles. The number of alkyl halides is 3. The molecule has 0 aliphatic carbocycles. The van der Waals surface area contributed by atoms with E-state index in [0.717, 1.165) is 12.1 Å². The Kier molecular flexibility index (Phi) is 7.35. The Bertz CT molecular complexity index is 1500.